The van der Waals surface area contributed by atoms with E-state index in [0.29, 0.717) is 0 Å². The molecule has 0 fully saturated rings. The number of aromatic nitrogens is 2. The fourth-order valence-electron chi connectivity index (χ4n) is 1.35. The molecule has 1 heterocycles. The molecule has 0 amide bonds. The highest BCUT2D eigenvalue weighted by Gasteiger charge is 2.19. The summed E-state index contributed by atoms with van der Waals surface area (Å²) in [7, 11) is 0. The van der Waals surface area contributed by atoms with Crippen LogP contribution in [-0.4, -0.2) is 21.0 Å². The Balaban J connectivity index is 3.20. The molecule has 0 saturated heterocycles. The summed E-state index contributed by atoms with van der Waals surface area (Å²) < 4.78 is 0. The molecule has 1 atom stereocenters. The maximum Gasteiger partial charge on any atom is 0.310 e. The van der Waals surface area contributed by atoms with Crippen LogP contribution in [0, 0.1) is 13.8 Å². The van der Waals surface area contributed by atoms with Crippen LogP contribution in [-0.2, 0) is 4.79 Å². The monoisotopic (exact) mass is 180 g/mol. The summed E-state index contributed by atoms with van der Waals surface area (Å²) in [4.78, 5) is 18.7. The Morgan fingerprint density at radius 3 is 2.23 bits per heavy atom. The number of rotatable bonds is 2. The van der Waals surface area contributed by atoms with Crippen LogP contribution in [0.3, 0.4) is 0 Å². The molecule has 1 N–H and O–H groups in total. The molecule has 70 valence electrons. The van der Waals surface area contributed by atoms with Gasteiger partial charge in [-0.2, -0.15) is 0 Å². The third kappa shape index (κ3) is 1.83. The topological polar surface area (TPSA) is 63.1 Å². The van der Waals surface area contributed by atoms with Crippen LogP contribution < -0.4 is 0 Å². The van der Waals surface area contributed by atoms with Crippen molar-refractivity contribution in [2.45, 2.75) is 26.7 Å². The van der Waals surface area contributed by atoms with Gasteiger partial charge in [0.05, 0.1) is 5.92 Å². The van der Waals surface area contributed by atoms with Crippen LogP contribution in [0.1, 0.15) is 29.8 Å². The van der Waals surface area contributed by atoms with E-state index in [2.05, 4.69) is 9.97 Å². The van der Waals surface area contributed by atoms with E-state index in [1.807, 2.05) is 0 Å². The predicted octanol–water partition coefficient (Wildman–Crippen LogP) is 1.28. The van der Waals surface area contributed by atoms with Crippen molar-refractivity contribution < 1.29 is 9.90 Å². The number of hydrogen-bond donors (Lipinski definition) is 1. The SMILES string of the molecule is Cc1ncnc(C)c1C(C)C(=O)O. The van der Waals surface area contributed by atoms with Gasteiger partial charge in [-0.3, -0.25) is 4.79 Å². The van der Waals surface area contributed by atoms with Gasteiger partial charge in [-0.1, -0.05) is 0 Å². The molecule has 0 bridgehead atoms. The first-order valence-electron chi connectivity index (χ1n) is 4.05. The molecule has 4 heteroatoms. The lowest BCUT2D eigenvalue weighted by Crippen LogP contribution is -2.12. The van der Waals surface area contributed by atoms with Crippen LogP contribution >= 0.6 is 0 Å². The van der Waals surface area contributed by atoms with Crippen molar-refractivity contribution in [3.63, 3.8) is 0 Å². The van der Waals surface area contributed by atoms with E-state index >= 15 is 0 Å². The Labute approximate surface area is 76.7 Å². The number of carbonyl (C=O) groups is 1. The summed E-state index contributed by atoms with van der Waals surface area (Å²) in [5.41, 5.74) is 2.19. The second-order valence-corrected chi connectivity index (χ2v) is 3.02. The largest absolute Gasteiger partial charge is 0.481 e. The molecular formula is C9H12N2O2. The zero-order valence-electron chi connectivity index (χ0n) is 7.90. The first-order chi connectivity index (χ1) is 6.04. The molecule has 4 nitrogen and oxygen atoms in total. The molecule has 0 aliphatic rings. The normalized spacial score (nSPS) is 12.5. The maximum atomic E-state index is 10.7. The Kier molecular flexibility index (Phi) is 2.60. The molecule has 1 aromatic rings. The Morgan fingerprint density at radius 2 is 1.85 bits per heavy atom. The maximum absolute atomic E-state index is 10.7. The fraction of sp³-hybridized carbons (Fsp3) is 0.444. The van der Waals surface area contributed by atoms with Crippen molar-refractivity contribution in [1.29, 1.82) is 0 Å². The number of aryl methyl sites for hydroxylation is 2. The number of aliphatic carboxylic acids is 1. The zero-order chi connectivity index (χ0) is 10.0. The van der Waals surface area contributed by atoms with E-state index < -0.39 is 11.9 Å². The molecule has 13 heavy (non-hydrogen) atoms. The van der Waals surface area contributed by atoms with Gasteiger partial charge in [0.15, 0.2) is 0 Å². The van der Waals surface area contributed by atoms with Crippen molar-refractivity contribution >= 4 is 5.97 Å². The lowest BCUT2D eigenvalue weighted by Gasteiger charge is -2.11. The highest BCUT2D eigenvalue weighted by molar-refractivity contribution is 5.76. The number of hydrogen-bond acceptors (Lipinski definition) is 3. The standard InChI is InChI=1S/C9H12N2O2/c1-5(9(12)13)8-6(2)10-4-11-7(8)3/h4-5H,1-3H3,(H,12,13). The molecular weight excluding hydrogens is 168 g/mol. The highest BCUT2D eigenvalue weighted by Crippen LogP contribution is 2.20. The molecule has 0 aliphatic carbocycles. The van der Waals surface area contributed by atoms with Crippen molar-refractivity contribution in [3.05, 3.63) is 23.3 Å². The fourth-order valence-corrected chi connectivity index (χ4v) is 1.35. The van der Waals surface area contributed by atoms with Gasteiger partial charge in [0.1, 0.15) is 6.33 Å². The summed E-state index contributed by atoms with van der Waals surface area (Å²) in [6.45, 7) is 5.23. The van der Waals surface area contributed by atoms with Crippen LogP contribution in [0.2, 0.25) is 0 Å². The third-order valence-electron chi connectivity index (χ3n) is 2.09. The minimum atomic E-state index is -0.846. The smallest absolute Gasteiger partial charge is 0.310 e. The van der Waals surface area contributed by atoms with Crippen LogP contribution in [0.25, 0.3) is 0 Å². The average Bonchev–Trinajstić information content (AvgIpc) is 2.03. The Bertz CT molecular complexity index is 316. The second-order valence-electron chi connectivity index (χ2n) is 3.02. The molecule has 0 aliphatic heterocycles. The third-order valence-corrected chi connectivity index (χ3v) is 2.09. The second kappa shape index (κ2) is 3.51. The van der Waals surface area contributed by atoms with E-state index in [4.69, 9.17) is 5.11 Å². The first kappa shape index (κ1) is 9.64. The lowest BCUT2D eigenvalue weighted by atomic mass is 9.98. The van der Waals surface area contributed by atoms with Crippen LogP contribution in [0.4, 0.5) is 0 Å². The quantitative estimate of drug-likeness (QED) is 0.744. The minimum Gasteiger partial charge on any atom is -0.481 e. The minimum absolute atomic E-state index is 0.541. The van der Waals surface area contributed by atoms with E-state index in [1.54, 1.807) is 20.8 Å². The number of nitrogens with zero attached hydrogens (tertiary/aromatic N) is 2. The van der Waals surface area contributed by atoms with E-state index in [0.717, 1.165) is 17.0 Å². The van der Waals surface area contributed by atoms with Gasteiger partial charge < -0.3 is 5.11 Å². The molecule has 1 unspecified atom stereocenters. The summed E-state index contributed by atoms with van der Waals surface area (Å²) in [6.07, 6.45) is 1.45. The molecule has 1 aromatic heterocycles. The van der Waals surface area contributed by atoms with Gasteiger partial charge in [-0.05, 0) is 20.8 Å². The highest BCUT2D eigenvalue weighted by atomic mass is 16.4. The molecule has 0 spiro atoms. The molecule has 0 aromatic carbocycles. The van der Waals surface area contributed by atoms with Crippen molar-refractivity contribution in [1.82, 2.24) is 9.97 Å². The van der Waals surface area contributed by atoms with Gasteiger partial charge >= 0.3 is 5.97 Å². The zero-order valence-corrected chi connectivity index (χ0v) is 7.90. The van der Waals surface area contributed by atoms with Crippen LogP contribution in [0.15, 0.2) is 6.33 Å². The molecule has 0 saturated carbocycles. The Hall–Kier alpha value is -1.45. The first-order valence-corrected chi connectivity index (χ1v) is 4.05. The summed E-state index contributed by atoms with van der Waals surface area (Å²) in [6, 6.07) is 0. The summed E-state index contributed by atoms with van der Waals surface area (Å²) in [5.74, 6) is -1.39. The van der Waals surface area contributed by atoms with Gasteiger partial charge in [-0.15, -0.1) is 0 Å². The number of carboxylic acids is 1. The summed E-state index contributed by atoms with van der Waals surface area (Å²) >= 11 is 0. The van der Waals surface area contributed by atoms with Gasteiger partial charge in [0.25, 0.3) is 0 Å². The van der Waals surface area contributed by atoms with Gasteiger partial charge in [0, 0.05) is 17.0 Å². The van der Waals surface area contributed by atoms with E-state index in [-0.39, 0.29) is 0 Å². The Morgan fingerprint density at radius 1 is 1.38 bits per heavy atom. The van der Waals surface area contributed by atoms with Gasteiger partial charge in [0.2, 0.25) is 0 Å². The molecule has 1 rings (SSSR count). The number of carboxylic acid groups (broad SMARTS) is 1. The van der Waals surface area contributed by atoms with Crippen molar-refractivity contribution in [2.75, 3.05) is 0 Å². The van der Waals surface area contributed by atoms with Crippen LogP contribution in [0.5, 0.6) is 0 Å². The molecule has 0 radical (unpaired) electrons. The van der Waals surface area contributed by atoms with Crippen molar-refractivity contribution in [3.8, 4) is 0 Å². The van der Waals surface area contributed by atoms with E-state index in [1.165, 1.54) is 6.33 Å². The van der Waals surface area contributed by atoms with E-state index in [9.17, 15) is 4.79 Å². The lowest BCUT2D eigenvalue weighted by molar-refractivity contribution is -0.138. The van der Waals surface area contributed by atoms with Crippen molar-refractivity contribution in [2.24, 2.45) is 0 Å². The average molecular weight is 180 g/mol. The van der Waals surface area contributed by atoms with Gasteiger partial charge in [-0.25, -0.2) is 9.97 Å². The predicted molar refractivity (Wildman–Crippen MR) is 47.6 cm³/mol. The summed E-state index contributed by atoms with van der Waals surface area (Å²) in [5, 5.41) is 8.83.